The predicted octanol–water partition coefficient (Wildman–Crippen LogP) is 3.66. The number of benzene rings is 1. The Balaban J connectivity index is 2.12. The molecule has 0 spiro atoms. The van der Waals surface area contributed by atoms with Gasteiger partial charge in [-0.1, -0.05) is 25.3 Å². The molecule has 2 rings (SSSR count). The van der Waals surface area contributed by atoms with E-state index in [0.29, 0.717) is 5.69 Å². The second kappa shape index (κ2) is 7.42. The van der Waals surface area contributed by atoms with E-state index in [9.17, 15) is 19.7 Å². The summed E-state index contributed by atoms with van der Waals surface area (Å²) in [5.41, 5.74) is 0.525. The number of hydrogen-bond acceptors (Lipinski definition) is 4. The molecule has 2 N–H and O–H groups in total. The molecule has 1 aliphatic rings. The van der Waals surface area contributed by atoms with Gasteiger partial charge >= 0.3 is 5.97 Å². The lowest BCUT2D eigenvalue weighted by atomic mass is 9.69. The third kappa shape index (κ3) is 4.53. The minimum absolute atomic E-state index is 0.0195. The highest BCUT2D eigenvalue weighted by atomic mass is 16.6. The number of carbonyl (C=O) groups excluding carboxylic acids is 1. The van der Waals surface area contributed by atoms with Crippen molar-refractivity contribution in [3.05, 3.63) is 33.9 Å². The molecular weight excluding hydrogens is 312 g/mol. The number of anilines is 1. The third-order valence-corrected chi connectivity index (χ3v) is 4.68. The van der Waals surface area contributed by atoms with Crippen molar-refractivity contribution in [2.45, 2.75) is 51.9 Å². The summed E-state index contributed by atoms with van der Waals surface area (Å²) in [4.78, 5) is 34.0. The van der Waals surface area contributed by atoms with Crippen LogP contribution in [0.15, 0.2) is 18.2 Å². The van der Waals surface area contributed by atoms with E-state index >= 15 is 0 Å². The van der Waals surface area contributed by atoms with E-state index in [-0.39, 0.29) is 24.4 Å². The number of nitro groups is 1. The number of rotatable bonds is 6. The lowest BCUT2D eigenvalue weighted by molar-refractivity contribution is -0.384. The van der Waals surface area contributed by atoms with Crippen LogP contribution in [0, 0.1) is 22.5 Å². The molecule has 0 heterocycles. The van der Waals surface area contributed by atoms with Crippen molar-refractivity contribution in [2.75, 3.05) is 5.32 Å². The smallest absolute Gasteiger partial charge is 0.303 e. The molecule has 1 saturated carbocycles. The van der Waals surface area contributed by atoms with E-state index in [1.54, 1.807) is 13.0 Å². The zero-order valence-corrected chi connectivity index (χ0v) is 13.7. The number of non-ortho nitro benzene ring substituents is 1. The Morgan fingerprint density at radius 3 is 2.50 bits per heavy atom. The molecule has 0 atom stereocenters. The summed E-state index contributed by atoms with van der Waals surface area (Å²) in [6.07, 6.45) is 4.47. The van der Waals surface area contributed by atoms with E-state index in [0.717, 1.165) is 37.7 Å². The second-order valence-electron chi connectivity index (χ2n) is 6.61. The van der Waals surface area contributed by atoms with Crippen molar-refractivity contribution in [2.24, 2.45) is 5.41 Å². The molecule has 7 heteroatoms. The fourth-order valence-corrected chi connectivity index (χ4v) is 3.43. The number of amides is 1. The van der Waals surface area contributed by atoms with Crippen LogP contribution in [0.1, 0.15) is 50.5 Å². The van der Waals surface area contributed by atoms with Crippen molar-refractivity contribution in [3.63, 3.8) is 0 Å². The van der Waals surface area contributed by atoms with Crippen LogP contribution < -0.4 is 5.32 Å². The monoisotopic (exact) mass is 334 g/mol. The van der Waals surface area contributed by atoms with Crippen LogP contribution in [-0.4, -0.2) is 21.9 Å². The number of carboxylic acids is 1. The maximum atomic E-state index is 12.4. The number of carboxylic acid groups (broad SMARTS) is 1. The highest BCUT2D eigenvalue weighted by Crippen LogP contribution is 2.42. The zero-order chi connectivity index (χ0) is 17.7. The van der Waals surface area contributed by atoms with Crippen molar-refractivity contribution >= 4 is 23.3 Å². The van der Waals surface area contributed by atoms with Crippen molar-refractivity contribution in [3.8, 4) is 0 Å². The SMILES string of the molecule is Cc1ccc([N+](=O)[O-])cc1NC(=O)CC1(CC(=O)O)CCCCC1. The molecule has 0 bridgehead atoms. The minimum atomic E-state index is -0.892. The van der Waals surface area contributed by atoms with Crippen LogP contribution in [-0.2, 0) is 9.59 Å². The van der Waals surface area contributed by atoms with Crippen LogP contribution in [0.3, 0.4) is 0 Å². The van der Waals surface area contributed by atoms with Gasteiger partial charge in [0.25, 0.3) is 5.69 Å². The van der Waals surface area contributed by atoms with Crippen LogP contribution in [0.25, 0.3) is 0 Å². The average Bonchev–Trinajstić information content (AvgIpc) is 2.49. The number of nitrogens with zero attached hydrogens (tertiary/aromatic N) is 1. The molecule has 7 nitrogen and oxygen atoms in total. The Morgan fingerprint density at radius 1 is 1.25 bits per heavy atom. The van der Waals surface area contributed by atoms with Crippen LogP contribution in [0.2, 0.25) is 0 Å². The molecular formula is C17H22N2O5. The van der Waals surface area contributed by atoms with Gasteiger partial charge in [0.05, 0.1) is 17.0 Å². The average molecular weight is 334 g/mol. The molecule has 1 aromatic rings. The van der Waals surface area contributed by atoms with Gasteiger partial charge in [0, 0.05) is 18.6 Å². The molecule has 1 aromatic carbocycles. The van der Waals surface area contributed by atoms with Gasteiger partial charge in [-0.05, 0) is 30.7 Å². The molecule has 130 valence electrons. The maximum Gasteiger partial charge on any atom is 0.303 e. The summed E-state index contributed by atoms with van der Waals surface area (Å²) >= 11 is 0. The lowest BCUT2D eigenvalue weighted by Crippen LogP contribution is -2.32. The largest absolute Gasteiger partial charge is 0.481 e. The molecule has 24 heavy (non-hydrogen) atoms. The Bertz CT molecular complexity index is 650. The number of aryl methyl sites for hydroxylation is 1. The summed E-state index contributed by atoms with van der Waals surface area (Å²) < 4.78 is 0. The van der Waals surface area contributed by atoms with Crippen molar-refractivity contribution < 1.29 is 19.6 Å². The van der Waals surface area contributed by atoms with Gasteiger partial charge in [0.15, 0.2) is 0 Å². The van der Waals surface area contributed by atoms with Crippen molar-refractivity contribution in [1.29, 1.82) is 0 Å². The first-order valence-electron chi connectivity index (χ1n) is 8.08. The summed E-state index contributed by atoms with van der Waals surface area (Å²) in [7, 11) is 0. The van der Waals surface area contributed by atoms with Gasteiger partial charge in [0.1, 0.15) is 0 Å². The third-order valence-electron chi connectivity index (χ3n) is 4.68. The number of aliphatic carboxylic acids is 1. The Kier molecular flexibility index (Phi) is 5.54. The van der Waals surface area contributed by atoms with Gasteiger partial charge < -0.3 is 10.4 Å². The first-order chi connectivity index (χ1) is 11.3. The molecule has 1 amide bonds. The predicted molar refractivity (Wildman–Crippen MR) is 88.9 cm³/mol. The topological polar surface area (TPSA) is 110 Å². The Labute approximate surface area is 140 Å². The fraction of sp³-hybridized carbons (Fsp3) is 0.529. The van der Waals surface area contributed by atoms with Crippen LogP contribution >= 0.6 is 0 Å². The summed E-state index contributed by atoms with van der Waals surface area (Å²) in [6, 6.07) is 4.30. The Morgan fingerprint density at radius 2 is 1.92 bits per heavy atom. The molecule has 0 aromatic heterocycles. The second-order valence-corrected chi connectivity index (χ2v) is 6.61. The van der Waals surface area contributed by atoms with E-state index in [1.165, 1.54) is 12.1 Å². The first kappa shape index (κ1) is 17.9. The van der Waals surface area contributed by atoms with Gasteiger partial charge in [-0.3, -0.25) is 19.7 Å². The Hall–Kier alpha value is -2.44. The van der Waals surface area contributed by atoms with E-state index in [4.69, 9.17) is 5.11 Å². The lowest BCUT2D eigenvalue weighted by Gasteiger charge is -2.35. The van der Waals surface area contributed by atoms with Crippen molar-refractivity contribution in [1.82, 2.24) is 0 Å². The molecule has 0 unspecified atom stereocenters. The van der Waals surface area contributed by atoms with E-state index < -0.39 is 16.3 Å². The molecule has 1 fully saturated rings. The molecule has 0 radical (unpaired) electrons. The molecule has 0 saturated heterocycles. The summed E-state index contributed by atoms with van der Waals surface area (Å²) in [5.74, 6) is -1.18. The van der Waals surface area contributed by atoms with Gasteiger partial charge in [-0.15, -0.1) is 0 Å². The quantitative estimate of drug-likeness (QED) is 0.609. The summed E-state index contributed by atoms with van der Waals surface area (Å²) in [5, 5.41) is 22.7. The number of nitro benzene ring substituents is 1. The zero-order valence-electron chi connectivity index (χ0n) is 13.7. The van der Waals surface area contributed by atoms with Crippen LogP contribution in [0.5, 0.6) is 0 Å². The molecule has 0 aliphatic heterocycles. The highest BCUT2D eigenvalue weighted by molar-refractivity contribution is 5.92. The number of nitrogens with one attached hydrogen (secondary N) is 1. The van der Waals surface area contributed by atoms with Gasteiger partial charge in [-0.2, -0.15) is 0 Å². The number of hydrogen-bond donors (Lipinski definition) is 2. The fourth-order valence-electron chi connectivity index (χ4n) is 3.43. The maximum absolute atomic E-state index is 12.4. The highest BCUT2D eigenvalue weighted by Gasteiger charge is 2.36. The minimum Gasteiger partial charge on any atom is -0.481 e. The summed E-state index contributed by atoms with van der Waals surface area (Å²) in [6.45, 7) is 1.76. The standard InChI is InChI=1S/C17H22N2O5/c1-12-5-6-13(19(23)24)9-14(12)18-15(20)10-17(11-16(21)22)7-3-2-4-8-17/h5-6,9H,2-4,7-8,10-11H2,1H3,(H,18,20)(H,21,22). The van der Waals surface area contributed by atoms with Gasteiger partial charge in [0.2, 0.25) is 5.91 Å². The normalized spacial score (nSPS) is 16.4. The van der Waals surface area contributed by atoms with E-state index in [2.05, 4.69) is 5.32 Å². The first-order valence-corrected chi connectivity index (χ1v) is 8.08. The number of carbonyl (C=O) groups is 2. The van der Waals surface area contributed by atoms with Crippen LogP contribution in [0.4, 0.5) is 11.4 Å². The van der Waals surface area contributed by atoms with Gasteiger partial charge in [-0.25, -0.2) is 0 Å². The van der Waals surface area contributed by atoms with E-state index in [1.807, 2.05) is 0 Å². The molecule has 1 aliphatic carbocycles.